The number of nitrogens with zero attached hydrogens (tertiary/aromatic N) is 2. The third-order valence-corrected chi connectivity index (χ3v) is 6.55. The summed E-state index contributed by atoms with van der Waals surface area (Å²) >= 11 is 0. The van der Waals surface area contributed by atoms with Gasteiger partial charge in [-0.05, 0) is 36.4 Å². The van der Waals surface area contributed by atoms with Crippen LogP contribution in [0.15, 0.2) is 53.1 Å². The molecular formula is C31H40FN4O5+. The van der Waals surface area contributed by atoms with Gasteiger partial charge in [-0.15, -0.1) is 0 Å². The maximum atomic E-state index is 14.4. The number of ether oxygens (including phenoxy) is 2. The molecule has 0 bridgehead atoms. The highest BCUT2D eigenvalue weighted by atomic mass is 19.1. The maximum absolute atomic E-state index is 14.4. The Morgan fingerprint density at radius 1 is 1.10 bits per heavy atom. The number of amides is 1. The summed E-state index contributed by atoms with van der Waals surface area (Å²) in [6.45, 7) is 10.6. The molecule has 1 saturated heterocycles. The third kappa shape index (κ3) is 9.90. The van der Waals surface area contributed by atoms with Gasteiger partial charge in [-0.2, -0.15) is 4.65 Å². The van der Waals surface area contributed by atoms with E-state index < -0.39 is 5.82 Å². The molecule has 0 radical (unpaired) electrons. The summed E-state index contributed by atoms with van der Waals surface area (Å²) in [6, 6.07) is 13.6. The number of anilines is 2. The second kappa shape index (κ2) is 15.2. The van der Waals surface area contributed by atoms with E-state index in [1.54, 1.807) is 43.5 Å². The molecule has 0 aliphatic carbocycles. The molecule has 2 aromatic carbocycles. The van der Waals surface area contributed by atoms with E-state index in [4.69, 9.17) is 18.8 Å². The van der Waals surface area contributed by atoms with E-state index in [1.165, 1.54) is 6.07 Å². The number of halogens is 1. The van der Waals surface area contributed by atoms with Gasteiger partial charge in [-0.3, -0.25) is 4.79 Å². The van der Waals surface area contributed by atoms with Gasteiger partial charge in [0.05, 0.1) is 32.5 Å². The fraction of sp³-hybridized carbons (Fsp3) is 0.419. The van der Waals surface area contributed by atoms with E-state index in [1.807, 2.05) is 13.1 Å². The first-order valence-electron chi connectivity index (χ1n) is 13.6. The van der Waals surface area contributed by atoms with Crippen molar-refractivity contribution in [1.82, 2.24) is 5.16 Å². The molecule has 1 aromatic heterocycles. The number of hydrogen-bond acceptors (Lipinski definition) is 7. The number of quaternary nitrogens is 1. The Hall–Kier alpha value is -3.91. The van der Waals surface area contributed by atoms with Crippen LogP contribution in [-0.4, -0.2) is 69.8 Å². The molecule has 220 valence electrons. The lowest BCUT2D eigenvalue weighted by atomic mass is 9.93. The molecule has 1 aliphatic heterocycles. The summed E-state index contributed by atoms with van der Waals surface area (Å²) in [5.41, 5.74) is 1.75. The van der Waals surface area contributed by atoms with Crippen molar-refractivity contribution in [3.8, 4) is 17.6 Å². The molecule has 0 atom stereocenters. The number of carbonyl (C=O) groups is 1. The first-order chi connectivity index (χ1) is 19.7. The lowest BCUT2D eigenvalue weighted by Gasteiger charge is -2.36. The van der Waals surface area contributed by atoms with Crippen molar-refractivity contribution in [3.05, 3.63) is 71.2 Å². The van der Waals surface area contributed by atoms with E-state index in [2.05, 4.69) is 48.4 Å². The van der Waals surface area contributed by atoms with Gasteiger partial charge in [0.25, 0.3) is 0 Å². The van der Waals surface area contributed by atoms with Crippen molar-refractivity contribution in [2.45, 2.75) is 32.6 Å². The van der Waals surface area contributed by atoms with E-state index in [9.17, 15) is 9.18 Å². The van der Waals surface area contributed by atoms with Crippen LogP contribution in [0.4, 0.5) is 15.9 Å². The van der Waals surface area contributed by atoms with E-state index in [0.717, 1.165) is 43.2 Å². The highest BCUT2D eigenvalue weighted by molar-refractivity contribution is 5.71. The number of benzene rings is 2. The van der Waals surface area contributed by atoms with Crippen LogP contribution in [0, 0.1) is 17.7 Å². The summed E-state index contributed by atoms with van der Waals surface area (Å²) in [6.07, 6.45) is 1.41. The molecule has 0 spiro atoms. The Morgan fingerprint density at radius 3 is 2.39 bits per heavy atom. The first kappa shape index (κ1) is 31.6. The van der Waals surface area contributed by atoms with Crippen LogP contribution < -0.4 is 15.4 Å². The largest absolute Gasteiger partial charge is 0.493 e. The molecule has 1 fully saturated rings. The molecular weight excluding hydrogens is 527 g/mol. The standard InChI is InChI=1S/C23H25FN2O4.C8H14N2O/c1-28-26(12-15-29-16-13-26)11-2-14-30-22-10-7-20(23(24)17-22)6-3-19-4-8-21(9-5-19)25-18-27;1-8(2,3)6-5-7(9-4)10-11-6/h4-5,7-10,17-18H,2,11-16H2,1H3;5H,1-4H3,(H,9,10)/p+1. The number of hydroxylamine groups is 3. The molecule has 1 aliphatic rings. The normalized spacial score (nSPS) is 14.1. The van der Waals surface area contributed by atoms with Gasteiger partial charge in [-0.1, -0.05) is 37.8 Å². The van der Waals surface area contributed by atoms with Crippen LogP contribution in [0.25, 0.3) is 0 Å². The Kier molecular flexibility index (Phi) is 11.7. The average molecular weight is 568 g/mol. The van der Waals surface area contributed by atoms with Crippen LogP contribution in [0.5, 0.6) is 5.75 Å². The fourth-order valence-electron chi connectivity index (χ4n) is 4.01. The van der Waals surface area contributed by atoms with Gasteiger partial charge >= 0.3 is 0 Å². The van der Waals surface area contributed by atoms with Crippen LogP contribution in [0.2, 0.25) is 0 Å². The lowest BCUT2D eigenvalue weighted by Crippen LogP contribution is -2.54. The molecule has 2 heterocycles. The number of carbonyl (C=O) groups excluding carboxylic acids is 1. The number of nitrogens with one attached hydrogen (secondary N) is 2. The maximum Gasteiger partial charge on any atom is 0.211 e. The minimum atomic E-state index is -0.423. The molecule has 3 aromatic rings. The molecule has 9 nitrogen and oxygen atoms in total. The zero-order valence-corrected chi connectivity index (χ0v) is 24.5. The predicted octanol–water partition coefficient (Wildman–Crippen LogP) is 4.98. The molecule has 1 amide bonds. The average Bonchev–Trinajstić information content (AvgIpc) is 3.47. The van der Waals surface area contributed by atoms with E-state index >= 15 is 0 Å². The van der Waals surface area contributed by atoms with Crippen molar-refractivity contribution in [1.29, 1.82) is 0 Å². The van der Waals surface area contributed by atoms with Crippen molar-refractivity contribution >= 4 is 17.9 Å². The summed E-state index contributed by atoms with van der Waals surface area (Å²) in [5.74, 6) is 7.49. The SMILES string of the molecule is CNc1cc(C(C)(C)C)on1.CO[N+]1(CCCOc2ccc(C#Cc3ccc(NC=O)cc3)c(F)c2)CCOCC1. The predicted molar refractivity (Wildman–Crippen MR) is 156 cm³/mol. The Balaban J connectivity index is 0.000000352. The minimum absolute atomic E-state index is 0.0437. The summed E-state index contributed by atoms with van der Waals surface area (Å²) in [5, 5.41) is 9.28. The quantitative estimate of drug-likeness (QED) is 0.163. The van der Waals surface area contributed by atoms with Crippen molar-refractivity contribution < 1.29 is 32.7 Å². The Bertz CT molecular complexity index is 1300. The number of aromatic nitrogens is 1. The minimum Gasteiger partial charge on any atom is -0.493 e. The van der Waals surface area contributed by atoms with Crippen molar-refractivity contribution in [3.63, 3.8) is 0 Å². The number of hydrogen-bond donors (Lipinski definition) is 2. The highest BCUT2D eigenvalue weighted by Gasteiger charge is 2.31. The topological polar surface area (TPSA) is 94.9 Å². The van der Waals surface area contributed by atoms with Gasteiger partial charge in [0.2, 0.25) is 6.41 Å². The fourth-order valence-corrected chi connectivity index (χ4v) is 4.01. The first-order valence-corrected chi connectivity index (χ1v) is 13.6. The van der Waals surface area contributed by atoms with E-state index in [-0.39, 0.29) is 5.41 Å². The molecule has 41 heavy (non-hydrogen) atoms. The van der Waals surface area contributed by atoms with Crippen LogP contribution in [0.1, 0.15) is 44.1 Å². The van der Waals surface area contributed by atoms with Crippen molar-refractivity contribution in [2.24, 2.45) is 0 Å². The van der Waals surface area contributed by atoms with Gasteiger partial charge in [0, 0.05) is 42.3 Å². The highest BCUT2D eigenvalue weighted by Crippen LogP contribution is 2.24. The summed E-state index contributed by atoms with van der Waals surface area (Å²) < 4.78 is 31.1. The molecule has 0 unspecified atom stereocenters. The lowest BCUT2D eigenvalue weighted by molar-refractivity contribution is -1.11. The molecule has 2 N–H and O–H groups in total. The molecule has 4 rings (SSSR count). The van der Waals surface area contributed by atoms with Gasteiger partial charge in [0.1, 0.15) is 37.0 Å². The van der Waals surface area contributed by atoms with Crippen LogP contribution >= 0.6 is 0 Å². The molecule has 0 saturated carbocycles. The zero-order valence-electron chi connectivity index (χ0n) is 24.5. The second-order valence-electron chi connectivity index (χ2n) is 10.5. The summed E-state index contributed by atoms with van der Waals surface area (Å²) in [4.78, 5) is 16.1. The zero-order chi connectivity index (χ0) is 29.7. The smallest absolute Gasteiger partial charge is 0.211 e. The van der Waals surface area contributed by atoms with Crippen LogP contribution in [-0.2, 0) is 19.8 Å². The van der Waals surface area contributed by atoms with Gasteiger partial charge < -0.3 is 24.6 Å². The van der Waals surface area contributed by atoms with Crippen LogP contribution in [0.3, 0.4) is 0 Å². The van der Waals surface area contributed by atoms with Gasteiger partial charge in [0.15, 0.2) is 5.82 Å². The van der Waals surface area contributed by atoms with E-state index in [0.29, 0.717) is 47.9 Å². The molecule has 10 heteroatoms. The number of rotatable bonds is 9. The van der Waals surface area contributed by atoms with Gasteiger partial charge in [-0.25, -0.2) is 9.23 Å². The second-order valence-corrected chi connectivity index (χ2v) is 10.5. The van der Waals surface area contributed by atoms with Crippen molar-refractivity contribution in [2.75, 3.05) is 64.2 Å². The Labute approximate surface area is 241 Å². The monoisotopic (exact) mass is 567 g/mol. The Morgan fingerprint density at radius 2 is 1.83 bits per heavy atom. The summed E-state index contributed by atoms with van der Waals surface area (Å²) in [7, 11) is 3.54. The third-order valence-electron chi connectivity index (χ3n) is 6.55. The number of morpholine rings is 1.